The van der Waals surface area contributed by atoms with Gasteiger partial charge >= 0.3 is 0 Å². The summed E-state index contributed by atoms with van der Waals surface area (Å²) in [5.41, 5.74) is 1.50. The molecule has 1 aliphatic heterocycles. The Bertz CT molecular complexity index is 674. The van der Waals surface area contributed by atoms with Crippen LogP contribution in [0.5, 0.6) is 0 Å². The fraction of sp³-hybridized carbons (Fsp3) is 0.529. The number of rotatable bonds is 5. The molecule has 1 fully saturated rings. The average molecular weight is 346 g/mol. The van der Waals surface area contributed by atoms with Gasteiger partial charge in [-0.3, -0.25) is 14.8 Å². The third-order valence-electron chi connectivity index (χ3n) is 4.23. The fourth-order valence-electron chi connectivity index (χ4n) is 3.14. The number of thiazole rings is 1. The monoisotopic (exact) mass is 346 g/mol. The Morgan fingerprint density at radius 3 is 3.08 bits per heavy atom. The maximum Gasteiger partial charge on any atom is 0.228 e. The van der Waals surface area contributed by atoms with Crippen LogP contribution in [0, 0.1) is 0 Å². The lowest BCUT2D eigenvalue weighted by Crippen LogP contribution is -2.45. The van der Waals surface area contributed by atoms with Crippen molar-refractivity contribution in [1.82, 2.24) is 19.9 Å². The van der Waals surface area contributed by atoms with Crippen molar-refractivity contribution < 1.29 is 9.90 Å². The van der Waals surface area contributed by atoms with Gasteiger partial charge in [-0.05, 0) is 32.6 Å². The van der Waals surface area contributed by atoms with Gasteiger partial charge in [-0.25, -0.2) is 4.98 Å². The second-order valence-corrected chi connectivity index (χ2v) is 7.09. The Balaban J connectivity index is 1.67. The summed E-state index contributed by atoms with van der Waals surface area (Å²) in [5, 5.41) is 12.4. The predicted molar refractivity (Wildman–Crippen MR) is 92.5 cm³/mol. The van der Waals surface area contributed by atoms with Crippen LogP contribution in [0.4, 0.5) is 0 Å². The molecule has 7 heteroatoms. The van der Waals surface area contributed by atoms with E-state index in [1.807, 2.05) is 10.3 Å². The van der Waals surface area contributed by atoms with E-state index in [4.69, 9.17) is 0 Å². The molecule has 2 aromatic heterocycles. The van der Waals surface area contributed by atoms with Crippen LogP contribution >= 0.6 is 11.3 Å². The number of amides is 1. The lowest BCUT2D eigenvalue weighted by Gasteiger charge is -2.36. The molecule has 2 aromatic rings. The van der Waals surface area contributed by atoms with E-state index < -0.39 is 0 Å². The Kier molecular flexibility index (Phi) is 5.52. The molecule has 128 valence electrons. The van der Waals surface area contributed by atoms with Crippen molar-refractivity contribution in [2.75, 3.05) is 6.54 Å². The van der Waals surface area contributed by atoms with Gasteiger partial charge in [-0.2, -0.15) is 0 Å². The SMILES string of the molecule is CC(O)CC1CCCCN1C(=O)Cc1csc(-c2cnccn2)n1. The van der Waals surface area contributed by atoms with Crippen molar-refractivity contribution >= 4 is 17.2 Å². The summed E-state index contributed by atoms with van der Waals surface area (Å²) in [7, 11) is 0. The molecule has 2 unspecified atom stereocenters. The highest BCUT2D eigenvalue weighted by atomic mass is 32.1. The van der Waals surface area contributed by atoms with Crippen LogP contribution in [0.15, 0.2) is 24.0 Å². The van der Waals surface area contributed by atoms with Crippen LogP contribution in [-0.2, 0) is 11.2 Å². The Morgan fingerprint density at radius 2 is 2.33 bits per heavy atom. The second kappa shape index (κ2) is 7.81. The molecular weight excluding hydrogens is 324 g/mol. The zero-order valence-corrected chi connectivity index (χ0v) is 14.6. The molecule has 1 aliphatic rings. The van der Waals surface area contributed by atoms with E-state index in [0.717, 1.165) is 42.2 Å². The van der Waals surface area contributed by atoms with E-state index in [9.17, 15) is 9.90 Å². The number of aliphatic hydroxyl groups is 1. The van der Waals surface area contributed by atoms with E-state index in [2.05, 4.69) is 15.0 Å². The normalized spacial score (nSPS) is 19.2. The number of carbonyl (C=O) groups is 1. The summed E-state index contributed by atoms with van der Waals surface area (Å²) in [5.74, 6) is 0.0938. The minimum atomic E-state index is -0.383. The molecule has 0 spiro atoms. The first kappa shape index (κ1) is 17.0. The van der Waals surface area contributed by atoms with Crippen LogP contribution < -0.4 is 0 Å². The fourth-order valence-corrected chi connectivity index (χ4v) is 3.92. The van der Waals surface area contributed by atoms with Gasteiger partial charge in [-0.15, -0.1) is 11.3 Å². The van der Waals surface area contributed by atoms with Crippen LogP contribution in [-0.4, -0.2) is 49.6 Å². The molecule has 6 nitrogen and oxygen atoms in total. The smallest absolute Gasteiger partial charge is 0.228 e. The van der Waals surface area contributed by atoms with Gasteiger partial charge in [0.15, 0.2) is 0 Å². The number of aliphatic hydroxyl groups excluding tert-OH is 1. The number of hydrogen-bond acceptors (Lipinski definition) is 6. The van der Waals surface area contributed by atoms with Crippen molar-refractivity contribution in [1.29, 1.82) is 0 Å². The number of likely N-dealkylation sites (tertiary alicyclic amines) is 1. The highest BCUT2D eigenvalue weighted by Crippen LogP contribution is 2.24. The summed E-state index contributed by atoms with van der Waals surface area (Å²) >= 11 is 1.48. The van der Waals surface area contributed by atoms with Gasteiger partial charge in [0.2, 0.25) is 5.91 Å². The van der Waals surface area contributed by atoms with Gasteiger partial charge in [0.05, 0.1) is 24.4 Å². The number of carbonyl (C=O) groups excluding carboxylic acids is 1. The Hall–Kier alpha value is -1.86. The maximum absolute atomic E-state index is 12.7. The third kappa shape index (κ3) is 4.15. The van der Waals surface area contributed by atoms with Gasteiger partial charge in [0, 0.05) is 30.4 Å². The maximum atomic E-state index is 12.7. The first-order valence-corrected chi connectivity index (χ1v) is 9.20. The topological polar surface area (TPSA) is 79.2 Å². The molecule has 0 bridgehead atoms. The minimum Gasteiger partial charge on any atom is -0.393 e. The molecule has 2 atom stereocenters. The zero-order valence-electron chi connectivity index (χ0n) is 13.8. The molecular formula is C17H22N4O2S. The summed E-state index contributed by atoms with van der Waals surface area (Å²) < 4.78 is 0. The highest BCUT2D eigenvalue weighted by molar-refractivity contribution is 7.13. The number of piperidine rings is 1. The summed E-state index contributed by atoms with van der Waals surface area (Å²) in [6, 6.07) is 0.143. The van der Waals surface area contributed by atoms with Crippen molar-refractivity contribution in [3.05, 3.63) is 29.7 Å². The molecule has 1 N–H and O–H groups in total. The van der Waals surface area contributed by atoms with Crippen molar-refractivity contribution in [2.45, 2.75) is 51.2 Å². The van der Waals surface area contributed by atoms with E-state index in [1.54, 1.807) is 25.5 Å². The second-order valence-electron chi connectivity index (χ2n) is 6.23. The number of hydrogen-bond donors (Lipinski definition) is 1. The number of aromatic nitrogens is 3. The molecule has 0 radical (unpaired) electrons. The predicted octanol–water partition coefficient (Wildman–Crippen LogP) is 2.29. The summed E-state index contributed by atoms with van der Waals surface area (Å²) in [6.07, 6.45) is 8.62. The summed E-state index contributed by atoms with van der Waals surface area (Å²) in [4.78, 5) is 27.4. The molecule has 0 aliphatic carbocycles. The first-order valence-electron chi connectivity index (χ1n) is 8.32. The van der Waals surface area contributed by atoms with Gasteiger partial charge in [-0.1, -0.05) is 0 Å². The molecule has 24 heavy (non-hydrogen) atoms. The first-order chi connectivity index (χ1) is 11.6. The van der Waals surface area contributed by atoms with Crippen LogP contribution in [0.2, 0.25) is 0 Å². The molecule has 0 saturated carbocycles. The van der Waals surface area contributed by atoms with Crippen LogP contribution in [0.1, 0.15) is 38.3 Å². The Labute approximate surface area is 145 Å². The van der Waals surface area contributed by atoms with Gasteiger partial charge < -0.3 is 10.0 Å². The summed E-state index contributed by atoms with van der Waals surface area (Å²) in [6.45, 7) is 2.56. The van der Waals surface area contributed by atoms with Crippen molar-refractivity contribution in [3.63, 3.8) is 0 Å². The lowest BCUT2D eigenvalue weighted by molar-refractivity contribution is -0.134. The highest BCUT2D eigenvalue weighted by Gasteiger charge is 2.28. The Morgan fingerprint density at radius 1 is 1.46 bits per heavy atom. The number of nitrogens with zero attached hydrogens (tertiary/aromatic N) is 4. The van der Waals surface area contributed by atoms with E-state index >= 15 is 0 Å². The molecule has 0 aromatic carbocycles. The van der Waals surface area contributed by atoms with Gasteiger partial charge in [0.25, 0.3) is 0 Å². The standard InChI is InChI=1S/C17H22N4O2S/c1-12(22)8-14-4-2-3-7-21(14)16(23)9-13-11-24-17(20-13)15-10-18-5-6-19-15/h5-6,10-12,14,22H,2-4,7-9H2,1H3. The average Bonchev–Trinajstić information content (AvgIpc) is 3.04. The third-order valence-corrected chi connectivity index (χ3v) is 5.14. The van der Waals surface area contributed by atoms with E-state index in [1.165, 1.54) is 11.3 Å². The van der Waals surface area contributed by atoms with Crippen molar-refractivity contribution in [3.8, 4) is 10.7 Å². The van der Waals surface area contributed by atoms with Crippen LogP contribution in [0.3, 0.4) is 0 Å². The quantitative estimate of drug-likeness (QED) is 0.898. The minimum absolute atomic E-state index is 0.0938. The molecule has 3 rings (SSSR count). The van der Waals surface area contributed by atoms with Crippen LogP contribution in [0.25, 0.3) is 10.7 Å². The van der Waals surface area contributed by atoms with Gasteiger partial charge in [0.1, 0.15) is 10.7 Å². The molecule has 1 amide bonds. The molecule has 1 saturated heterocycles. The van der Waals surface area contributed by atoms with E-state index in [-0.39, 0.29) is 18.1 Å². The molecule has 3 heterocycles. The van der Waals surface area contributed by atoms with Crippen molar-refractivity contribution in [2.24, 2.45) is 0 Å². The largest absolute Gasteiger partial charge is 0.393 e. The zero-order chi connectivity index (χ0) is 16.9. The lowest BCUT2D eigenvalue weighted by atomic mass is 9.96. The van der Waals surface area contributed by atoms with E-state index in [0.29, 0.717) is 12.8 Å².